The van der Waals surface area contributed by atoms with Gasteiger partial charge in [0.2, 0.25) is 0 Å². The van der Waals surface area contributed by atoms with Crippen LogP contribution in [0.15, 0.2) is 48.5 Å². The monoisotopic (exact) mass is 378 g/mol. The van der Waals surface area contributed by atoms with Crippen molar-refractivity contribution >= 4 is 5.78 Å². The lowest BCUT2D eigenvalue weighted by molar-refractivity contribution is 0.0970. The second-order valence-electron chi connectivity index (χ2n) is 7.90. The van der Waals surface area contributed by atoms with Crippen LogP contribution in [0.1, 0.15) is 59.7 Å². The third-order valence-electron chi connectivity index (χ3n) is 5.89. The lowest BCUT2D eigenvalue weighted by atomic mass is 9.90. The standard InChI is InChI=1S/C25H34N2O/c1-2-22-18-24(25(28)11-8-20-12-15-26-16-13-20)10-9-23(22)14-17-27-19-21-6-4-3-5-7-21/h3-7,9-10,18,20,26-27H,2,8,11-17,19H2,1H3. The Morgan fingerprint density at radius 3 is 2.61 bits per heavy atom. The van der Waals surface area contributed by atoms with E-state index in [-0.39, 0.29) is 0 Å². The molecule has 3 heteroatoms. The number of Topliss-reactive ketones (excluding diaryl/α,β-unsaturated/α-hetero) is 1. The van der Waals surface area contributed by atoms with Gasteiger partial charge in [0.15, 0.2) is 5.78 Å². The fourth-order valence-electron chi connectivity index (χ4n) is 4.07. The van der Waals surface area contributed by atoms with Crippen LogP contribution in [0, 0.1) is 5.92 Å². The van der Waals surface area contributed by atoms with E-state index in [2.05, 4.69) is 54.0 Å². The minimum atomic E-state index is 0.307. The Morgan fingerprint density at radius 2 is 1.86 bits per heavy atom. The maximum Gasteiger partial charge on any atom is 0.162 e. The molecule has 1 fully saturated rings. The molecule has 1 saturated heterocycles. The molecule has 0 amide bonds. The van der Waals surface area contributed by atoms with Gasteiger partial charge in [-0.15, -0.1) is 0 Å². The average Bonchev–Trinajstić information content (AvgIpc) is 2.76. The topological polar surface area (TPSA) is 41.1 Å². The molecule has 2 aromatic rings. The second kappa shape index (κ2) is 11.1. The number of hydrogen-bond acceptors (Lipinski definition) is 3. The predicted molar refractivity (Wildman–Crippen MR) is 117 cm³/mol. The van der Waals surface area contributed by atoms with E-state index in [4.69, 9.17) is 0 Å². The highest BCUT2D eigenvalue weighted by atomic mass is 16.1. The zero-order valence-corrected chi connectivity index (χ0v) is 17.2. The van der Waals surface area contributed by atoms with E-state index in [0.717, 1.165) is 51.0 Å². The number of rotatable bonds is 10. The lowest BCUT2D eigenvalue weighted by Crippen LogP contribution is -2.28. The van der Waals surface area contributed by atoms with Crippen molar-refractivity contribution in [1.82, 2.24) is 10.6 Å². The van der Waals surface area contributed by atoms with Crippen molar-refractivity contribution in [2.24, 2.45) is 5.92 Å². The fourth-order valence-corrected chi connectivity index (χ4v) is 4.07. The molecule has 3 nitrogen and oxygen atoms in total. The third kappa shape index (κ3) is 6.29. The van der Waals surface area contributed by atoms with E-state index in [9.17, 15) is 4.79 Å². The summed E-state index contributed by atoms with van der Waals surface area (Å²) < 4.78 is 0. The quantitative estimate of drug-likeness (QED) is 0.471. The van der Waals surface area contributed by atoms with Gasteiger partial charge in [0.05, 0.1) is 0 Å². The number of aryl methyl sites for hydroxylation is 1. The molecule has 3 rings (SSSR count). The Bertz CT molecular complexity index is 735. The first-order chi connectivity index (χ1) is 13.8. The van der Waals surface area contributed by atoms with Crippen LogP contribution in [0.5, 0.6) is 0 Å². The molecule has 2 N–H and O–H groups in total. The highest BCUT2D eigenvalue weighted by molar-refractivity contribution is 5.96. The van der Waals surface area contributed by atoms with E-state index in [1.54, 1.807) is 0 Å². The molecular weight excluding hydrogens is 344 g/mol. The smallest absolute Gasteiger partial charge is 0.162 e. The first kappa shape index (κ1) is 20.8. The van der Waals surface area contributed by atoms with Crippen LogP contribution >= 0.6 is 0 Å². The van der Waals surface area contributed by atoms with Crippen LogP contribution in [0.4, 0.5) is 0 Å². The van der Waals surface area contributed by atoms with Crippen LogP contribution in [0.3, 0.4) is 0 Å². The number of ketones is 1. The molecule has 0 atom stereocenters. The molecule has 0 aliphatic carbocycles. The molecule has 0 aromatic heterocycles. The normalized spacial score (nSPS) is 14.9. The first-order valence-corrected chi connectivity index (χ1v) is 10.9. The van der Waals surface area contributed by atoms with Crippen molar-refractivity contribution < 1.29 is 4.79 Å². The molecule has 0 saturated carbocycles. The number of nitrogens with one attached hydrogen (secondary N) is 2. The summed E-state index contributed by atoms with van der Waals surface area (Å²) in [6, 6.07) is 16.8. The van der Waals surface area contributed by atoms with Gasteiger partial charge in [-0.2, -0.15) is 0 Å². The zero-order valence-electron chi connectivity index (χ0n) is 17.2. The van der Waals surface area contributed by atoms with Crippen LogP contribution < -0.4 is 10.6 Å². The minimum absolute atomic E-state index is 0.307. The zero-order chi connectivity index (χ0) is 19.6. The summed E-state index contributed by atoms with van der Waals surface area (Å²) in [7, 11) is 0. The van der Waals surface area contributed by atoms with Gasteiger partial charge >= 0.3 is 0 Å². The van der Waals surface area contributed by atoms with Crippen LogP contribution in [0.25, 0.3) is 0 Å². The summed E-state index contributed by atoms with van der Waals surface area (Å²) in [6.45, 7) is 6.23. The van der Waals surface area contributed by atoms with Crippen LogP contribution in [0.2, 0.25) is 0 Å². The van der Waals surface area contributed by atoms with E-state index in [1.807, 2.05) is 12.1 Å². The molecule has 0 spiro atoms. The summed E-state index contributed by atoms with van der Waals surface area (Å²) >= 11 is 0. The third-order valence-corrected chi connectivity index (χ3v) is 5.89. The van der Waals surface area contributed by atoms with E-state index < -0.39 is 0 Å². The van der Waals surface area contributed by atoms with Crippen molar-refractivity contribution in [3.63, 3.8) is 0 Å². The molecule has 1 aliphatic heterocycles. The largest absolute Gasteiger partial charge is 0.317 e. The SMILES string of the molecule is CCc1cc(C(=O)CCC2CCNCC2)ccc1CCNCc1ccccc1. The Labute approximate surface area is 169 Å². The maximum absolute atomic E-state index is 12.7. The van der Waals surface area contributed by atoms with Gasteiger partial charge in [0.25, 0.3) is 0 Å². The molecule has 2 aromatic carbocycles. The highest BCUT2D eigenvalue weighted by Gasteiger charge is 2.16. The van der Waals surface area contributed by atoms with Crippen LogP contribution in [-0.2, 0) is 19.4 Å². The van der Waals surface area contributed by atoms with Gasteiger partial charge in [-0.1, -0.05) is 49.4 Å². The molecule has 1 aliphatic rings. The Hall–Kier alpha value is -1.97. The Balaban J connectivity index is 1.48. The highest BCUT2D eigenvalue weighted by Crippen LogP contribution is 2.21. The lowest BCUT2D eigenvalue weighted by Gasteiger charge is -2.22. The summed E-state index contributed by atoms with van der Waals surface area (Å²) in [5.74, 6) is 1.02. The van der Waals surface area contributed by atoms with Gasteiger partial charge in [-0.3, -0.25) is 4.79 Å². The molecule has 0 bridgehead atoms. The van der Waals surface area contributed by atoms with Gasteiger partial charge in [0.1, 0.15) is 0 Å². The molecule has 0 radical (unpaired) electrons. The van der Waals surface area contributed by atoms with E-state index in [0.29, 0.717) is 18.1 Å². The minimum Gasteiger partial charge on any atom is -0.317 e. The Morgan fingerprint density at radius 1 is 1.07 bits per heavy atom. The average molecular weight is 379 g/mol. The van der Waals surface area contributed by atoms with Gasteiger partial charge in [0, 0.05) is 18.5 Å². The summed E-state index contributed by atoms with van der Waals surface area (Å²) in [5.41, 5.74) is 4.88. The number of benzene rings is 2. The molecule has 150 valence electrons. The predicted octanol–water partition coefficient (Wildman–Crippen LogP) is 4.54. The molecule has 1 heterocycles. The number of piperidine rings is 1. The van der Waals surface area contributed by atoms with E-state index >= 15 is 0 Å². The van der Waals surface area contributed by atoms with Gasteiger partial charge < -0.3 is 10.6 Å². The second-order valence-corrected chi connectivity index (χ2v) is 7.90. The van der Waals surface area contributed by atoms with Crippen molar-refractivity contribution in [3.05, 3.63) is 70.8 Å². The fraction of sp³-hybridized carbons (Fsp3) is 0.480. The summed E-state index contributed by atoms with van der Waals surface area (Å²) in [5, 5.41) is 6.92. The maximum atomic E-state index is 12.7. The molecule has 28 heavy (non-hydrogen) atoms. The summed E-state index contributed by atoms with van der Waals surface area (Å²) in [4.78, 5) is 12.7. The van der Waals surface area contributed by atoms with Crippen molar-refractivity contribution in [2.75, 3.05) is 19.6 Å². The summed E-state index contributed by atoms with van der Waals surface area (Å²) in [6.07, 6.45) is 6.12. The molecular formula is C25H34N2O. The number of carbonyl (C=O) groups excluding carboxylic acids is 1. The van der Waals surface area contributed by atoms with E-state index in [1.165, 1.54) is 29.5 Å². The van der Waals surface area contributed by atoms with Gasteiger partial charge in [-0.25, -0.2) is 0 Å². The molecule has 0 unspecified atom stereocenters. The Kier molecular flexibility index (Phi) is 8.25. The number of hydrogen-bond donors (Lipinski definition) is 2. The first-order valence-electron chi connectivity index (χ1n) is 10.9. The number of carbonyl (C=O) groups is 1. The van der Waals surface area contributed by atoms with Crippen molar-refractivity contribution in [2.45, 2.75) is 52.0 Å². The van der Waals surface area contributed by atoms with Gasteiger partial charge in [-0.05, 0) is 80.4 Å². The van der Waals surface area contributed by atoms with Crippen molar-refractivity contribution in [1.29, 1.82) is 0 Å². The van der Waals surface area contributed by atoms with Crippen LogP contribution in [-0.4, -0.2) is 25.4 Å². The van der Waals surface area contributed by atoms with Crippen molar-refractivity contribution in [3.8, 4) is 0 Å².